The molecule has 4 heteroatoms. The molecule has 0 aliphatic carbocycles. The number of ether oxygens (including phenoxy) is 2. The quantitative estimate of drug-likeness (QED) is 0.810. The van der Waals surface area contributed by atoms with Gasteiger partial charge in [-0.25, -0.2) is 0 Å². The minimum Gasteiger partial charge on any atom is -0.486 e. The summed E-state index contributed by atoms with van der Waals surface area (Å²) in [5.41, 5.74) is 0.210. The molecule has 0 spiro atoms. The summed E-state index contributed by atoms with van der Waals surface area (Å²) in [6, 6.07) is 6.20. The van der Waals surface area contributed by atoms with Crippen LogP contribution in [0.5, 0.6) is 11.5 Å². The summed E-state index contributed by atoms with van der Waals surface area (Å²) in [5, 5.41) is 4.13. The lowest BCUT2D eigenvalue weighted by atomic mass is 10.0. The third kappa shape index (κ3) is 4.32. The van der Waals surface area contributed by atoms with E-state index in [9.17, 15) is 0 Å². The smallest absolute Gasteiger partial charge is 0.162 e. The van der Waals surface area contributed by atoms with E-state index in [0.717, 1.165) is 24.5 Å². The Kier molecular flexibility index (Phi) is 5.22. The van der Waals surface area contributed by atoms with Gasteiger partial charge in [-0.3, -0.25) is 0 Å². The van der Waals surface area contributed by atoms with E-state index in [4.69, 9.17) is 9.47 Å². The third-order valence-electron chi connectivity index (χ3n) is 3.60. The lowest BCUT2D eigenvalue weighted by Gasteiger charge is -2.26. The number of thioether (sulfide) groups is 1. The number of fused-ring (bicyclic) bond motifs is 1. The topological polar surface area (TPSA) is 30.5 Å². The molecular formula is C16H25NO2S. The lowest BCUT2D eigenvalue weighted by Crippen LogP contribution is -2.41. The molecule has 1 unspecified atom stereocenters. The third-order valence-corrected chi connectivity index (χ3v) is 4.70. The van der Waals surface area contributed by atoms with Gasteiger partial charge in [0.25, 0.3) is 0 Å². The summed E-state index contributed by atoms with van der Waals surface area (Å²) >= 11 is 1.87. The highest BCUT2D eigenvalue weighted by molar-refractivity contribution is 8.00. The summed E-state index contributed by atoms with van der Waals surface area (Å²) in [7, 11) is 0. The Balaban J connectivity index is 1.89. The summed E-state index contributed by atoms with van der Waals surface area (Å²) in [6.45, 7) is 11.2. The molecule has 1 N–H and O–H groups in total. The van der Waals surface area contributed by atoms with Crippen molar-refractivity contribution in [1.82, 2.24) is 5.32 Å². The van der Waals surface area contributed by atoms with Crippen molar-refractivity contribution in [2.45, 2.75) is 49.8 Å². The van der Waals surface area contributed by atoms with Crippen LogP contribution in [0.25, 0.3) is 0 Å². The first-order valence-corrected chi connectivity index (χ1v) is 8.19. The average molecular weight is 295 g/mol. The first-order valence-electron chi connectivity index (χ1n) is 7.31. The molecular weight excluding hydrogens is 270 g/mol. The Hall–Kier alpha value is -0.870. The van der Waals surface area contributed by atoms with Crippen molar-refractivity contribution in [3.8, 4) is 11.5 Å². The molecule has 1 aromatic rings. The molecule has 20 heavy (non-hydrogen) atoms. The monoisotopic (exact) mass is 295 g/mol. The van der Waals surface area contributed by atoms with Gasteiger partial charge in [-0.1, -0.05) is 13.8 Å². The molecule has 1 heterocycles. The zero-order valence-corrected chi connectivity index (χ0v) is 13.7. The molecule has 0 bridgehead atoms. The molecule has 0 fully saturated rings. The van der Waals surface area contributed by atoms with E-state index in [0.29, 0.717) is 18.5 Å². The van der Waals surface area contributed by atoms with Crippen LogP contribution in [0.3, 0.4) is 0 Å². The highest BCUT2D eigenvalue weighted by Crippen LogP contribution is 2.35. The second-order valence-electron chi connectivity index (χ2n) is 5.85. The Bertz CT molecular complexity index is 448. The fourth-order valence-corrected chi connectivity index (χ4v) is 2.87. The van der Waals surface area contributed by atoms with Crippen molar-refractivity contribution in [3.63, 3.8) is 0 Å². The van der Waals surface area contributed by atoms with Crippen LogP contribution in [0, 0.1) is 0 Å². The highest BCUT2D eigenvalue weighted by atomic mass is 32.2. The van der Waals surface area contributed by atoms with Gasteiger partial charge in [-0.2, -0.15) is 0 Å². The van der Waals surface area contributed by atoms with E-state index in [2.05, 4.69) is 45.1 Å². The molecule has 3 nitrogen and oxygen atoms in total. The van der Waals surface area contributed by atoms with Crippen LogP contribution in [0.1, 0.15) is 34.1 Å². The summed E-state index contributed by atoms with van der Waals surface area (Å²) < 4.78 is 11.2. The summed E-state index contributed by atoms with van der Waals surface area (Å²) in [5.74, 6) is 1.73. The van der Waals surface area contributed by atoms with Crippen LogP contribution < -0.4 is 14.8 Å². The van der Waals surface area contributed by atoms with Crippen molar-refractivity contribution in [3.05, 3.63) is 18.2 Å². The molecule has 1 aliphatic rings. The predicted molar refractivity (Wildman–Crippen MR) is 85.1 cm³/mol. The van der Waals surface area contributed by atoms with E-state index < -0.39 is 0 Å². The molecule has 0 aromatic heterocycles. The molecule has 1 atom stereocenters. The molecule has 1 aliphatic heterocycles. The normalized spacial score (nSPS) is 16.0. The van der Waals surface area contributed by atoms with Crippen LogP contribution in [-0.2, 0) is 0 Å². The Morgan fingerprint density at radius 1 is 1.25 bits per heavy atom. The van der Waals surface area contributed by atoms with Crippen LogP contribution >= 0.6 is 11.8 Å². The number of nitrogens with one attached hydrogen (secondary N) is 1. The van der Waals surface area contributed by atoms with Gasteiger partial charge in [0.05, 0.1) is 0 Å². The van der Waals surface area contributed by atoms with Crippen molar-refractivity contribution in [1.29, 1.82) is 0 Å². The second-order valence-corrected chi connectivity index (χ2v) is 7.36. The van der Waals surface area contributed by atoms with Gasteiger partial charge in [-0.05, 0) is 38.5 Å². The first kappa shape index (κ1) is 15.5. The van der Waals surface area contributed by atoms with Crippen molar-refractivity contribution < 1.29 is 9.47 Å². The van der Waals surface area contributed by atoms with Crippen LogP contribution in [0.4, 0.5) is 0 Å². The predicted octanol–water partition coefficient (Wildman–Crippen LogP) is 3.72. The number of benzene rings is 1. The standard InChI is InChI=1S/C16H25NO2S/c1-5-16(3,4)17-11-12(2)20-13-6-7-14-15(10-13)19-9-8-18-14/h6-7,10,12,17H,5,8-9,11H2,1-4H3. The van der Waals surface area contributed by atoms with Crippen molar-refractivity contribution in [2.75, 3.05) is 19.8 Å². The van der Waals surface area contributed by atoms with Gasteiger partial charge in [0.1, 0.15) is 13.2 Å². The zero-order valence-electron chi connectivity index (χ0n) is 12.9. The molecule has 1 aromatic carbocycles. The Morgan fingerprint density at radius 3 is 2.65 bits per heavy atom. The molecule has 0 saturated carbocycles. The van der Waals surface area contributed by atoms with Gasteiger partial charge in [0.15, 0.2) is 11.5 Å². The number of rotatable bonds is 6. The highest BCUT2D eigenvalue weighted by Gasteiger charge is 2.17. The van der Waals surface area contributed by atoms with Crippen LogP contribution in [-0.4, -0.2) is 30.5 Å². The zero-order chi connectivity index (χ0) is 14.6. The summed E-state index contributed by atoms with van der Waals surface area (Å²) in [6.07, 6.45) is 1.13. The minimum absolute atomic E-state index is 0.210. The lowest BCUT2D eigenvalue weighted by molar-refractivity contribution is 0.171. The van der Waals surface area contributed by atoms with E-state index in [1.807, 2.05) is 17.8 Å². The molecule has 0 radical (unpaired) electrons. The van der Waals surface area contributed by atoms with E-state index in [1.165, 1.54) is 4.90 Å². The molecule has 112 valence electrons. The Morgan fingerprint density at radius 2 is 1.95 bits per heavy atom. The SMILES string of the molecule is CCC(C)(C)NCC(C)Sc1ccc2c(c1)OCCO2. The maximum Gasteiger partial charge on any atom is 0.162 e. The van der Waals surface area contributed by atoms with Gasteiger partial charge < -0.3 is 14.8 Å². The molecule has 2 rings (SSSR count). The second kappa shape index (κ2) is 6.72. The van der Waals surface area contributed by atoms with E-state index in [1.54, 1.807) is 0 Å². The van der Waals surface area contributed by atoms with E-state index in [-0.39, 0.29) is 5.54 Å². The van der Waals surface area contributed by atoms with Gasteiger partial charge in [-0.15, -0.1) is 11.8 Å². The van der Waals surface area contributed by atoms with Crippen LogP contribution in [0.15, 0.2) is 23.1 Å². The number of hydrogen-bond acceptors (Lipinski definition) is 4. The van der Waals surface area contributed by atoms with Crippen molar-refractivity contribution in [2.24, 2.45) is 0 Å². The van der Waals surface area contributed by atoms with Gasteiger partial charge >= 0.3 is 0 Å². The van der Waals surface area contributed by atoms with Gasteiger partial charge in [0.2, 0.25) is 0 Å². The fraction of sp³-hybridized carbons (Fsp3) is 0.625. The largest absolute Gasteiger partial charge is 0.486 e. The molecule has 0 saturated heterocycles. The average Bonchev–Trinajstić information content (AvgIpc) is 2.45. The minimum atomic E-state index is 0.210. The maximum atomic E-state index is 5.62. The maximum absolute atomic E-state index is 5.62. The van der Waals surface area contributed by atoms with Crippen molar-refractivity contribution >= 4 is 11.8 Å². The number of hydrogen-bond donors (Lipinski definition) is 1. The molecule has 0 amide bonds. The summed E-state index contributed by atoms with van der Waals surface area (Å²) in [4.78, 5) is 1.23. The van der Waals surface area contributed by atoms with Crippen LogP contribution in [0.2, 0.25) is 0 Å². The first-order chi connectivity index (χ1) is 9.50. The Labute approximate surface area is 126 Å². The van der Waals surface area contributed by atoms with E-state index >= 15 is 0 Å². The fourth-order valence-electron chi connectivity index (χ4n) is 1.92. The van der Waals surface area contributed by atoms with Gasteiger partial charge in [0, 0.05) is 22.2 Å².